The molecular formula is C17H27N3O. The molecule has 1 atom stereocenters. The van der Waals surface area contributed by atoms with Crippen LogP contribution in [0.5, 0.6) is 0 Å². The maximum Gasteiger partial charge on any atom is 0.274 e. The van der Waals surface area contributed by atoms with Crippen LogP contribution in [0.3, 0.4) is 0 Å². The molecule has 4 nitrogen and oxygen atoms in total. The summed E-state index contributed by atoms with van der Waals surface area (Å²) in [5.74, 6) is 1.70. The van der Waals surface area contributed by atoms with Gasteiger partial charge in [-0.25, -0.2) is 0 Å². The van der Waals surface area contributed by atoms with Gasteiger partial charge in [0.05, 0.1) is 0 Å². The number of amides is 1. The van der Waals surface area contributed by atoms with Crippen molar-refractivity contribution in [3.8, 4) is 0 Å². The maximum absolute atomic E-state index is 12.5. The number of H-pyrrole nitrogens is 1. The summed E-state index contributed by atoms with van der Waals surface area (Å²) in [5.41, 5.74) is 1.67. The number of nitrogens with one attached hydrogen (secondary N) is 1. The molecule has 1 aliphatic heterocycles. The molecule has 1 aromatic rings. The number of hydrogen-bond donors (Lipinski definition) is 1. The Bertz CT molecular complexity index is 476. The SMILES string of the molecule is CCCc1cc(C(=O)N2CC[C@@H](C3CCCCC3)C2)n[nH]1. The molecule has 1 saturated heterocycles. The van der Waals surface area contributed by atoms with Crippen LogP contribution in [0, 0.1) is 11.8 Å². The van der Waals surface area contributed by atoms with Crippen molar-refractivity contribution in [1.29, 1.82) is 0 Å². The molecule has 4 heteroatoms. The van der Waals surface area contributed by atoms with Crippen molar-refractivity contribution in [1.82, 2.24) is 15.1 Å². The minimum atomic E-state index is 0.118. The second kappa shape index (κ2) is 6.63. The summed E-state index contributed by atoms with van der Waals surface area (Å²) >= 11 is 0. The highest BCUT2D eigenvalue weighted by Crippen LogP contribution is 2.35. The number of carbonyl (C=O) groups excluding carboxylic acids is 1. The van der Waals surface area contributed by atoms with Crippen LogP contribution in [-0.4, -0.2) is 34.1 Å². The number of hydrogen-bond acceptors (Lipinski definition) is 2. The fraction of sp³-hybridized carbons (Fsp3) is 0.765. The Morgan fingerprint density at radius 1 is 1.29 bits per heavy atom. The van der Waals surface area contributed by atoms with Crippen molar-refractivity contribution in [2.45, 2.75) is 58.3 Å². The molecule has 2 fully saturated rings. The number of carbonyl (C=O) groups is 1. The van der Waals surface area contributed by atoms with Gasteiger partial charge in [0.1, 0.15) is 5.69 Å². The molecule has 0 spiro atoms. The Kier molecular flexibility index (Phi) is 4.61. The van der Waals surface area contributed by atoms with E-state index in [-0.39, 0.29) is 5.91 Å². The van der Waals surface area contributed by atoms with Gasteiger partial charge in [-0.3, -0.25) is 9.89 Å². The Labute approximate surface area is 127 Å². The molecular weight excluding hydrogens is 262 g/mol. The fourth-order valence-corrected chi connectivity index (χ4v) is 3.99. The largest absolute Gasteiger partial charge is 0.337 e. The molecule has 1 aromatic heterocycles. The van der Waals surface area contributed by atoms with Crippen LogP contribution in [0.1, 0.15) is 68.1 Å². The Morgan fingerprint density at radius 2 is 2.10 bits per heavy atom. The van der Waals surface area contributed by atoms with Crippen LogP contribution >= 0.6 is 0 Å². The first kappa shape index (κ1) is 14.6. The Morgan fingerprint density at radius 3 is 2.86 bits per heavy atom. The van der Waals surface area contributed by atoms with E-state index in [2.05, 4.69) is 17.1 Å². The summed E-state index contributed by atoms with van der Waals surface area (Å²) in [7, 11) is 0. The first-order valence-corrected chi connectivity index (χ1v) is 8.61. The normalized spacial score (nSPS) is 23.7. The summed E-state index contributed by atoms with van der Waals surface area (Å²) < 4.78 is 0. The highest BCUT2D eigenvalue weighted by atomic mass is 16.2. The molecule has 0 radical (unpaired) electrons. The maximum atomic E-state index is 12.5. The van der Waals surface area contributed by atoms with Crippen molar-refractivity contribution in [3.63, 3.8) is 0 Å². The van der Waals surface area contributed by atoms with Crippen molar-refractivity contribution in [2.75, 3.05) is 13.1 Å². The van der Waals surface area contributed by atoms with Gasteiger partial charge in [-0.2, -0.15) is 5.10 Å². The highest BCUT2D eigenvalue weighted by Gasteiger charge is 2.33. The third-order valence-corrected chi connectivity index (χ3v) is 5.20. The lowest BCUT2D eigenvalue weighted by Crippen LogP contribution is -2.30. The lowest BCUT2D eigenvalue weighted by Gasteiger charge is -2.27. The van der Waals surface area contributed by atoms with E-state index in [1.807, 2.05) is 11.0 Å². The number of likely N-dealkylation sites (tertiary alicyclic amines) is 1. The lowest BCUT2D eigenvalue weighted by atomic mass is 9.80. The van der Waals surface area contributed by atoms with Crippen LogP contribution < -0.4 is 0 Å². The highest BCUT2D eigenvalue weighted by molar-refractivity contribution is 5.92. The summed E-state index contributed by atoms with van der Waals surface area (Å²) in [4.78, 5) is 14.6. The number of nitrogens with zero attached hydrogens (tertiary/aromatic N) is 2. The van der Waals surface area contributed by atoms with E-state index in [0.29, 0.717) is 5.69 Å². The Balaban J connectivity index is 1.58. The minimum absolute atomic E-state index is 0.118. The number of aryl methyl sites for hydroxylation is 1. The quantitative estimate of drug-likeness (QED) is 0.923. The Hall–Kier alpha value is -1.32. The molecule has 0 bridgehead atoms. The molecule has 1 amide bonds. The van der Waals surface area contributed by atoms with Gasteiger partial charge in [-0.15, -0.1) is 0 Å². The van der Waals surface area contributed by atoms with Gasteiger partial charge in [0.2, 0.25) is 0 Å². The first-order chi connectivity index (χ1) is 10.3. The number of aromatic nitrogens is 2. The van der Waals surface area contributed by atoms with E-state index in [0.717, 1.165) is 43.5 Å². The molecule has 21 heavy (non-hydrogen) atoms. The molecule has 116 valence electrons. The minimum Gasteiger partial charge on any atom is -0.337 e. The van der Waals surface area contributed by atoms with E-state index in [1.165, 1.54) is 38.5 Å². The molecule has 0 aromatic carbocycles. The molecule has 2 heterocycles. The van der Waals surface area contributed by atoms with E-state index < -0.39 is 0 Å². The zero-order valence-electron chi connectivity index (χ0n) is 13.1. The van der Waals surface area contributed by atoms with Gasteiger partial charge in [0, 0.05) is 18.8 Å². The summed E-state index contributed by atoms with van der Waals surface area (Å²) in [6, 6.07) is 1.93. The van der Waals surface area contributed by atoms with Crippen LogP contribution in [0.2, 0.25) is 0 Å². The van der Waals surface area contributed by atoms with Gasteiger partial charge in [0.25, 0.3) is 5.91 Å². The van der Waals surface area contributed by atoms with E-state index >= 15 is 0 Å². The van der Waals surface area contributed by atoms with Crippen molar-refractivity contribution in [2.24, 2.45) is 11.8 Å². The molecule has 0 unspecified atom stereocenters. The van der Waals surface area contributed by atoms with E-state index in [1.54, 1.807) is 0 Å². The number of rotatable bonds is 4. The van der Waals surface area contributed by atoms with Gasteiger partial charge in [0.15, 0.2) is 0 Å². The van der Waals surface area contributed by atoms with Crippen LogP contribution in [-0.2, 0) is 6.42 Å². The van der Waals surface area contributed by atoms with E-state index in [4.69, 9.17) is 0 Å². The van der Waals surface area contributed by atoms with Gasteiger partial charge in [-0.1, -0.05) is 45.4 Å². The summed E-state index contributed by atoms with van der Waals surface area (Å²) in [5, 5.41) is 7.19. The zero-order chi connectivity index (χ0) is 14.7. The van der Waals surface area contributed by atoms with Crippen molar-refractivity contribution in [3.05, 3.63) is 17.5 Å². The molecule has 1 N–H and O–H groups in total. The first-order valence-electron chi connectivity index (χ1n) is 8.61. The predicted molar refractivity (Wildman–Crippen MR) is 83.2 cm³/mol. The van der Waals surface area contributed by atoms with Crippen molar-refractivity contribution < 1.29 is 4.79 Å². The third kappa shape index (κ3) is 3.30. The number of aromatic amines is 1. The average Bonchev–Trinajstić information content (AvgIpc) is 3.17. The zero-order valence-corrected chi connectivity index (χ0v) is 13.1. The smallest absolute Gasteiger partial charge is 0.274 e. The third-order valence-electron chi connectivity index (χ3n) is 5.20. The topological polar surface area (TPSA) is 49.0 Å². The average molecular weight is 289 g/mol. The van der Waals surface area contributed by atoms with Crippen molar-refractivity contribution >= 4 is 5.91 Å². The van der Waals surface area contributed by atoms with E-state index in [9.17, 15) is 4.79 Å². The summed E-state index contributed by atoms with van der Waals surface area (Å²) in [6.07, 6.45) is 10.1. The van der Waals surface area contributed by atoms with Gasteiger partial charge >= 0.3 is 0 Å². The fourth-order valence-electron chi connectivity index (χ4n) is 3.99. The van der Waals surface area contributed by atoms with Crippen LogP contribution in [0.4, 0.5) is 0 Å². The molecule has 2 aliphatic rings. The molecule has 1 saturated carbocycles. The van der Waals surface area contributed by atoms with Gasteiger partial charge in [-0.05, 0) is 30.7 Å². The second-order valence-electron chi connectivity index (χ2n) is 6.73. The van der Waals surface area contributed by atoms with Crippen LogP contribution in [0.25, 0.3) is 0 Å². The molecule has 3 rings (SSSR count). The summed E-state index contributed by atoms with van der Waals surface area (Å²) in [6.45, 7) is 3.99. The predicted octanol–water partition coefficient (Wildman–Crippen LogP) is 3.40. The van der Waals surface area contributed by atoms with Crippen LogP contribution in [0.15, 0.2) is 6.07 Å². The molecule has 1 aliphatic carbocycles. The van der Waals surface area contributed by atoms with Gasteiger partial charge < -0.3 is 4.90 Å². The standard InChI is InChI=1S/C17H27N3O/c1-2-6-15-11-16(19-18-15)17(21)20-10-9-14(12-20)13-7-4-3-5-8-13/h11,13-14H,2-10,12H2,1H3,(H,18,19)/t14-/m1/s1. The second-order valence-corrected chi connectivity index (χ2v) is 6.73. The lowest BCUT2D eigenvalue weighted by molar-refractivity contribution is 0.0774. The monoisotopic (exact) mass is 289 g/mol.